The molecule has 0 fully saturated rings. The van der Waals surface area contributed by atoms with Crippen molar-refractivity contribution in [2.75, 3.05) is 12.4 Å². The number of ether oxygens (including phenoxy) is 1. The predicted molar refractivity (Wildman–Crippen MR) is 105 cm³/mol. The highest BCUT2D eigenvalue weighted by atomic mass is 79.9. The number of thiocarbonyl (C=S) groups is 1. The molecule has 4 nitrogen and oxygen atoms in total. The summed E-state index contributed by atoms with van der Waals surface area (Å²) in [5.41, 5.74) is 4.65. The lowest BCUT2D eigenvalue weighted by molar-refractivity contribution is 0.0974. The van der Waals surface area contributed by atoms with Crippen LogP contribution in [0, 0.1) is 20.8 Å². The number of amides is 1. The van der Waals surface area contributed by atoms with E-state index in [0.717, 1.165) is 21.3 Å². The summed E-state index contributed by atoms with van der Waals surface area (Å²) in [6, 6.07) is 9.36. The molecule has 0 aromatic heterocycles. The lowest BCUT2D eigenvalue weighted by Crippen LogP contribution is -2.34. The number of benzene rings is 2. The average molecular weight is 407 g/mol. The fourth-order valence-electron chi connectivity index (χ4n) is 2.55. The van der Waals surface area contributed by atoms with E-state index in [9.17, 15) is 4.79 Å². The molecule has 0 saturated heterocycles. The van der Waals surface area contributed by atoms with E-state index >= 15 is 0 Å². The van der Waals surface area contributed by atoms with Crippen LogP contribution in [0.25, 0.3) is 0 Å². The molecule has 6 heteroatoms. The monoisotopic (exact) mass is 406 g/mol. The Hall–Kier alpha value is -1.92. The van der Waals surface area contributed by atoms with Gasteiger partial charge >= 0.3 is 0 Å². The highest BCUT2D eigenvalue weighted by Crippen LogP contribution is 2.24. The molecule has 0 atom stereocenters. The van der Waals surface area contributed by atoms with Crippen LogP contribution in [-0.4, -0.2) is 18.1 Å². The fourth-order valence-corrected chi connectivity index (χ4v) is 3.11. The van der Waals surface area contributed by atoms with Crippen LogP contribution >= 0.6 is 28.1 Å². The van der Waals surface area contributed by atoms with Crippen LogP contribution in [0.2, 0.25) is 0 Å². The molecule has 0 aliphatic heterocycles. The summed E-state index contributed by atoms with van der Waals surface area (Å²) in [5.74, 6) is 0.161. The third-order valence-corrected chi connectivity index (χ3v) is 4.25. The normalized spacial score (nSPS) is 10.2. The van der Waals surface area contributed by atoms with Gasteiger partial charge in [0.25, 0.3) is 5.91 Å². The Balaban J connectivity index is 2.16. The first-order chi connectivity index (χ1) is 11.3. The van der Waals surface area contributed by atoms with Crippen molar-refractivity contribution < 1.29 is 9.53 Å². The summed E-state index contributed by atoms with van der Waals surface area (Å²) < 4.78 is 6.02. The minimum atomic E-state index is -0.326. The topological polar surface area (TPSA) is 50.4 Å². The second-order valence-electron chi connectivity index (χ2n) is 5.53. The Morgan fingerprint density at radius 3 is 2.33 bits per heavy atom. The van der Waals surface area contributed by atoms with Crippen LogP contribution in [0.1, 0.15) is 27.0 Å². The molecule has 2 N–H and O–H groups in total. The zero-order valence-corrected chi connectivity index (χ0v) is 16.4. The van der Waals surface area contributed by atoms with E-state index < -0.39 is 0 Å². The van der Waals surface area contributed by atoms with Crippen molar-refractivity contribution in [1.29, 1.82) is 0 Å². The first-order valence-corrected chi connectivity index (χ1v) is 8.55. The molecule has 0 aliphatic rings. The smallest absolute Gasteiger partial charge is 0.261 e. The third-order valence-electron chi connectivity index (χ3n) is 3.55. The number of anilines is 1. The Morgan fingerprint density at radius 2 is 1.75 bits per heavy atom. The minimum absolute atomic E-state index is 0.247. The number of carbonyl (C=O) groups is 1. The number of nitrogens with one attached hydrogen (secondary N) is 2. The van der Waals surface area contributed by atoms with Gasteiger partial charge in [-0.1, -0.05) is 33.6 Å². The molecule has 0 aliphatic carbocycles. The van der Waals surface area contributed by atoms with E-state index in [1.54, 1.807) is 12.1 Å². The zero-order chi connectivity index (χ0) is 17.9. The van der Waals surface area contributed by atoms with Crippen molar-refractivity contribution in [3.05, 3.63) is 57.1 Å². The largest absolute Gasteiger partial charge is 0.496 e. The Bertz CT molecular complexity index is 783. The lowest BCUT2D eigenvalue weighted by atomic mass is 10.1. The summed E-state index contributed by atoms with van der Waals surface area (Å²) in [6.07, 6.45) is 0. The van der Waals surface area contributed by atoms with Gasteiger partial charge in [0.15, 0.2) is 5.11 Å². The van der Waals surface area contributed by atoms with Crippen LogP contribution in [0.15, 0.2) is 34.8 Å². The van der Waals surface area contributed by atoms with E-state index in [1.165, 1.54) is 12.7 Å². The standard InChI is InChI=1S/C18H19BrN2O2S/c1-10-7-11(2)16(12(3)8-10)20-18(24)21-17(22)14-9-13(19)5-6-15(14)23-4/h5-9H,1-4H3,(H2,20,21,22,24). The molecular formula is C18H19BrN2O2S. The van der Waals surface area contributed by atoms with E-state index in [4.69, 9.17) is 17.0 Å². The number of halogens is 1. The van der Waals surface area contributed by atoms with Crippen molar-refractivity contribution in [2.45, 2.75) is 20.8 Å². The average Bonchev–Trinajstić information content (AvgIpc) is 2.50. The minimum Gasteiger partial charge on any atom is -0.496 e. The SMILES string of the molecule is COc1ccc(Br)cc1C(=O)NC(=S)Nc1c(C)cc(C)cc1C. The quantitative estimate of drug-likeness (QED) is 0.736. The van der Waals surface area contributed by atoms with E-state index in [-0.39, 0.29) is 11.0 Å². The highest BCUT2D eigenvalue weighted by Gasteiger charge is 2.15. The molecule has 2 rings (SSSR count). The fraction of sp³-hybridized carbons (Fsp3) is 0.222. The van der Waals surface area contributed by atoms with Gasteiger partial charge in [0.2, 0.25) is 0 Å². The Morgan fingerprint density at radius 1 is 1.12 bits per heavy atom. The van der Waals surface area contributed by atoms with Crippen LogP contribution in [0.3, 0.4) is 0 Å². The van der Waals surface area contributed by atoms with Crippen LogP contribution in [0.4, 0.5) is 5.69 Å². The number of aryl methyl sites for hydroxylation is 3. The summed E-state index contributed by atoms with van der Waals surface area (Å²) in [6.45, 7) is 6.05. The van der Waals surface area contributed by atoms with Crippen molar-refractivity contribution >= 4 is 44.9 Å². The molecular weight excluding hydrogens is 388 g/mol. The maximum Gasteiger partial charge on any atom is 0.261 e. The number of hydrogen-bond acceptors (Lipinski definition) is 3. The lowest BCUT2D eigenvalue weighted by Gasteiger charge is -2.16. The van der Waals surface area contributed by atoms with E-state index in [2.05, 4.69) is 38.7 Å². The van der Waals surface area contributed by atoms with Gasteiger partial charge in [-0.25, -0.2) is 0 Å². The molecule has 0 unspecified atom stereocenters. The molecule has 0 radical (unpaired) electrons. The number of methoxy groups -OCH3 is 1. The number of hydrogen-bond donors (Lipinski definition) is 2. The molecule has 1 amide bonds. The zero-order valence-electron chi connectivity index (χ0n) is 14.0. The molecule has 2 aromatic carbocycles. The van der Waals surface area contributed by atoms with Gasteiger partial charge in [0.05, 0.1) is 12.7 Å². The van der Waals surface area contributed by atoms with Gasteiger partial charge < -0.3 is 10.1 Å². The van der Waals surface area contributed by atoms with Gasteiger partial charge in [0, 0.05) is 10.2 Å². The molecule has 0 saturated carbocycles. The van der Waals surface area contributed by atoms with Crippen molar-refractivity contribution in [3.8, 4) is 5.75 Å². The van der Waals surface area contributed by atoms with Gasteiger partial charge in [0.1, 0.15) is 5.75 Å². The first kappa shape index (κ1) is 18.4. The molecule has 24 heavy (non-hydrogen) atoms. The van der Waals surface area contributed by atoms with Crippen molar-refractivity contribution in [2.24, 2.45) is 0 Å². The summed E-state index contributed by atoms with van der Waals surface area (Å²) in [7, 11) is 1.52. The number of rotatable bonds is 3. The van der Waals surface area contributed by atoms with Crippen molar-refractivity contribution in [1.82, 2.24) is 5.32 Å². The maximum atomic E-state index is 12.5. The first-order valence-electron chi connectivity index (χ1n) is 7.35. The van der Waals surface area contributed by atoms with Crippen molar-refractivity contribution in [3.63, 3.8) is 0 Å². The molecule has 0 bridgehead atoms. The van der Waals surface area contributed by atoms with Gasteiger partial charge in [-0.05, 0) is 62.3 Å². The third kappa shape index (κ3) is 4.33. The Labute approximate surface area is 155 Å². The molecule has 126 valence electrons. The van der Waals surface area contributed by atoms with Gasteiger partial charge in [-0.2, -0.15) is 0 Å². The predicted octanol–water partition coefficient (Wildman–Crippen LogP) is 4.51. The maximum absolute atomic E-state index is 12.5. The van der Waals surface area contributed by atoms with E-state index in [0.29, 0.717) is 11.3 Å². The number of carbonyl (C=O) groups excluding carboxylic acids is 1. The second kappa shape index (κ2) is 7.77. The van der Waals surface area contributed by atoms with Crippen LogP contribution < -0.4 is 15.4 Å². The highest BCUT2D eigenvalue weighted by molar-refractivity contribution is 9.10. The summed E-state index contributed by atoms with van der Waals surface area (Å²) in [4.78, 5) is 12.5. The molecule has 2 aromatic rings. The van der Waals surface area contributed by atoms with E-state index in [1.807, 2.05) is 26.8 Å². The van der Waals surface area contributed by atoms with Gasteiger partial charge in [-0.15, -0.1) is 0 Å². The summed E-state index contributed by atoms with van der Waals surface area (Å²) in [5, 5.41) is 6.05. The Kier molecular flexibility index (Phi) is 5.96. The summed E-state index contributed by atoms with van der Waals surface area (Å²) >= 11 is 8.64. The molecule has 0 spiro atoms. The second-order valence-corrected chi connectivity index (χ2v) is 6.85. The van der Waals surface area contributed by atoms with Crippen LogP contribution in [-0.2, 0) is 0 Å². The molecule has 0 heterocycles. The van der Waals surface area contributed by atoms with Crippen LogP contribution in [0.5, 0.6) is 5.75 Å². The van der Waals surface area contributed by atoms with Gasteiger partial charge in [-0.3, -0.25) is 10.1 Å².